The van der Waals surface area contributed by atoms with Crippen molar-refractivity contribution in [2.75, 3.05) is 52.9 Å². The van der Waals surface area contributed by atoms with Crippen molar-refractivity contribution < 1.29 is 23.9 Å². The van der Waals surface area contributed by atoms with E-state index in [0.717, 1.165) is 11.4 Å². The number of methoxy groups -OCH3 is 1. The summed E-state index contributed by atoms with van der Waals surface area (Å²) in [6.45, 7) is 7.17. The number of hydrogen-bond donors (Lipinski definition) is 3. The molecule has 11 nitrogen and oxygen atoms in total. The smallest absolute Gasteiger partial charge is 0.344 e. The minimum atomic E-state index is -1.32. The van der Waals surface area contributed by atoms with Gasteiger partial charge >= 0.3 is 6.03 Å². The van der Waals surface area contributed by atoms with E-state index in [4.69, 9.17) is 4.74 Å². The molecule has 3 rings (SSSR count). The van der Waals surface area contributed by atoms with E-state index in [-0.39, 0.29) is 12.5 Å². The molecule has 2 aliphatic heterocycles. The van der Waals surface area contributed by atoms with Crippen molar-refractivity contribution in [1.82, 2.24) is 30.9 Å². The maximum atomic E-state index is 13.0. The number of hydrazine groups is 1. The van der Waals surface area contributed by atoms with E-state index in [9.17, 15) is 19.2 Å². The van der Waals surface area contributed by atoms with E-state index in [0.29, 0.717) is 50.6 Å². The van der Waals surface area contributed by atoms with Crippen molar-refractivity contribution >= 4 is 23.8 Å². The van der Waals surface area contributed by atoms with Crippen molar-refractivity contribution in [1.29, 1.82) is 0 Å². The maximum absolute atomic E-state index is 13.0. The molecule has 0 saturated carbocycles. The lowest BCUT2D eigenvalue weighted by Crippen LogP contribution is -2.54. The van der Waals surface area contributed by atoms with Crippen LogP contribution in [0.3, 0.4) is 0 Å². The third-order valence-electron chi connectivity index (χ3n) is 5.85. The first-order valence-corrected chi connectivity index (χ1v) is 11.1. The van der Waals surface area contributed by atoms with E-state index in [1.165, 1.54) is 7.11 Å². The van der Waals surface area contributed by atoms with Crippen LogP contribution in [0.4, 0.5) is 4.79 Å². The van der Waals surface area contributed by atoms with Gasteiger partial charge in [-0.1, -0.05) is 19.1 Å². The Hall–Kier alpha value is -3.18. The Labute approximate surface area is 193 Å². The number of benzene rings is 1. The molecule has 0 aromatic heterocycles. The van der Waals surface area contributed by atoms with Crippen LogP contribution in [-0.2, 0) is 19.9 Å². The number of carbonyl (C=O) groups is 4. The summed E-state index contributed by atoms with van der Waals surface area (Å²) in [6, 6.07) is 6.17. The molecule has 1 atom stereocenters. The molecule has 33 heavy (non-hydrogen) atoms. The fourth-order valence-electron chi connectivity index (χ4n) is 3.86. The van der Waals surface area contributed by atoms with Crippen LogP contribution in [-0.4, -0.2) is 91.5 Å². The minimum Gasteiger partial charge on any atom is -0.497 e. The molecule has 1 aromatic carbocycles. The topological polar surface area (TPSA) is 123 Å². The van der Waals surface area contributed by atoms with Crippen LogP contribution < -0.4 is 20.8 Å². The largest absolute Gasteiger partial charge is 0.497 e. The van der Waals surface area contributed by atoms with Crippen LogP contribution in [0.25, 0.3) is 0 Å². The second kappa shape index (κ2) is 10.6. The molecule has 11 heteroatoms. The third kappa shape index (κ3) is 5.79. The first-order chi connectivity index (χ1) is 15.8. The molecule has 1 unspecified atom stereocenters. The Morgan fingerprint density at radius 3 is 2.33 bits per heavy atom. The lowest BCUT2D eigenvalue weighted by molar-refractivity contribution is -0.139. The molecule has 5 amide bonds. The number of nitrogens with zero attached hydrogens (tertiary/aromatic N) is 3. The standard InChI is InChI=1S/C22H32N6O5/c1-4-8-23-18(29)14-26-9-11-27(12-10-26)15-19(30)25-28-20(31)22(2,24-21(28)32)16-6-5-7-17(13-16)33-3/h5-7,13H,4,8-12,14-15H2,1-3H3,(H,23,29)(H,24,32)(H,25,30). The number of imide groups is 1. The fourth-order valence-corrected chi connectivity index (χ4v) is 3.86. The van der Waals surface area contributed by atoms with E-state index in [2.05, 4.69) is 16.1 Å². The summed E-state index contributed by atoms with van der Waals surface area (Å²) in [6.07, 6.45) is 0.894. The van der Waals surface area contributed by atoms with Gasteiger partial charge in [0.2, 0.25) is 5.91 Å². The highest BCUT2D eigenvalue weighted by Gasteiger charge is 2.50. The van der Waals surface area contributed by atoms with Gasteiger partial charge in [0.15, 0.2) is 0 Å². The number of hydrogen-bond acceptors (Lipinski definition) is 7. The summed E-state index contributed by atoms with van der Waals surface area (Å²) in [7, 11) is 1.52. The second-order valence-electron chi connectivity index (χ2n) is 8.36. The molecule has 0 bridgehead atoms. The minimum absolute atomic E-state index is 0.000635. The molecule has 0 radical (unpaired) electrons. The summed E-state index contributed by atoms with van der Waals surface area (Å²) in [4.78, 5) is 53.9. The molecule has 2 aliphatic rings. The number of urea groups is 1. The van der Waals surface area contributed by atoms with Crippen LogP contribution in [0.15, 0.2) is 24.3 Å². The van der Waals surface area contributed by atoms with Gasteiger partial charge in [0.05, 0.1) is 20.2 Å². The number of piperazine rings is 1. The van der Waals surface area contributed by atoms with Crippen LogP contribution in [0.1, 0.15) is 25.8 Å². The first kappa shape index (κ1) is 24.5. The van der Waals surface area contributed by atoms with Crippen LogP contribution in [0.5, 0.6) is 5.75 Å². The summed E-state index contributed by atoms with van der Waals surface area (Å²) in [5, 5.41) is 6.24. The van der Waals surface area contributed by atoms with Gasteiger partial charge in [-0.2, -0.15) is 5.01 Å². The molecule has 2 heterocycles. The summed E-state index contributed by atoms with van der Waals surface area (Å²) >= 11 is 0. The highest BCUT2D eigenvalue weighted by molar-refractivity contribution is 6.08. The van der Waals surface area contributed by atoms with Gasteiger partial charge in [-0.05, 0) is 31.0 Å². The average molecular weight is 461 g/mol. The zero-order chi connectivity index (χ0) is 24.0. The fraction of sp³-hybridized carbons (Fsp3) is 0.545. The summed E-state index contributed by atoms with van der Waals surface area (Å²) < 4.78 is 5.20. The first-order valence-electron chi connectivity index (χ1n) is 11.1. The summed E-state index contributed by atoms with van der Waals surface area (Å²) in [5.74, 6) is -0.472. The van der Waals surface area contributed by atoms with Gasteiger partial charge < -0.3 is 15.4 Å². The zero-order valence-electron chi connectivity index (χ0n) is 19.3. The van der Waals surface area contributed by atoms with Gasteiger partial charge in [0.25, 0.3) is 11.8 Å². The van der Waals surface area contributed by atoms with E-state index in [1.807, 2.05) is 16.7 Å². The maximum Gasteiger partial charge on any atom is 0.344 e. The van der Waals surface area contributed by atoms with Gasteiger partial charge in [-0.15, -0.1) is 0 Å². The lowest BCUT2D eigenvalue weighted by Gasteiger charge is -2.34. The van der Waals surface area contributed by atoms with Crippen molar-refractivity contribution in [3.05, 3.63) is 29.8 Å². The number of ether oxygens (including phenoxy) is 1. The Balaban J connectivity index is 1.51. The van der Waals surface area contributed by atoms with Crippen LogP contribution in [0.2, 0.25) is 0 Å². The quantitative estimate of drug-likeness (QED) is 0.430. The van der Waals surface area contributed by atoms with Crippen molar-refractivity contribution in [3.8, 4) is 5.75 Å². The van der Waals surface area contributed by atoms with Gasteiger partial charge in [0, 0.05) is 32.7 Å². The second-order valence-corrected chi connectivity index (χ2v) is 8.36. The third-order valence-corrected chi connectivity index (χ3v) is 5.85. The van der Waals surface area contributed by atoms with Crippen molar-refractivity contribution in [3.63, 3.8) is 0 Å². The highest BCUT2D eigenvalue weighted by Crippen LogP contribution is 2.30. The molecular formula is C22H32N6O5. The highest BCUT2D eigenvalue weighted by atomic mass is 16.5. The Bertz CT molecular complexity index is 901. The molecule has 1 aromatic rings. The SMILES string of the molecule is CCCNC(=O)CN1CCN(CC(=O)NN2C(=O)NC(C)(c3cccc(OC)c3)C2=O)CC1. The molecule has 180 valence electrons. The normalized spacial score (nSPS) is 21.6. The number of amides is 5. The number of rotatable bonds is 9. The van der Waals surface area contributed by atoms with Gasteiger partial charge in [-0.3, -0.25) is 29.6 Å². The van der Waals surface area contributed by atoms with E-state index < -0.39 is 23.4 Å². The number of nitrogens with one attached hydrogen (secondary N) is 3. The predicted octanol–water partition coefficient (Wildman–Crippen LogP) is -0.363. The van der Waals surface area contributed by atoms with E-state index in [1.54, 1.807) is 31.2 Å². The Morgan fingerprint density at radius 2 is 1.73 bits per heavy atom. The summed E-state index contributed by atoms with van der Waals surface area (Å²) in [5.41, 5.74) is 1.66. The zero-order valence-corrected chi connectivity index (χ0v) is 19.3. The van der Waals surface area contributed by atoms with Crippen molar-refractivity contribution in [2.45, 2.75) is 25.8 Å². The average Bonchev–Trinajstić information content (AvgIpc) is 3.03. The molecule has 2 saturated heterocycles. The predicted molar refractivity (Wildman–Crippen MR) is 120 cm³/mol. The molecule has 3 N–H and O–H groups in total. The molecule has 0 aliphatic carbocycles. The van der Waals surface area contributed by atoms with E-state index >= 15 is 0 Å². The van der Waals surface area contributed by atoms with Crippen molar-refractivity contribution in [2.24, 2.45) is 0 Å². The lowest BCUT2D eigenvalue weighted by atomic mass is 9.92. The monoisotopic (exact) mass is 460 g/mol. The molecule has 0 spiro atoms. The van der Waals surface area contributed by atoms with Gasteiger partial charge in [0.1, 0.15) is 11.3 Å². The number of carbonyl (C=O) groups excluding carboxylic acids is 4. The van der Waals surface area contributed by atoms with Gasteiger partial charge in [-0.25, -0.2) is 4.79 Å². The Morgan fingerprint density at radius 1 is 1.09 bits per heavy atom. The van der Waals surface area contributed by atoms with Crippen LogP contribution in [0, 0.1) is 0 Å². The molecule has 2 fully saturated rings. The Kier molecular flexibility index (Phi) is 7.88. The molecular weight excluding hydrogens is 428 g/mol. The van der Waals surface area contributed by atoms with Crippen LogP contribution >= 0.6 is 0 Å².